The molecule has 1 amide bonds. The van der Waals surface area contributed by atoms with Gasteiger partial charge < -0.3 is 10.0 Å². The molecule has 0 saturated heterocycles. The molecule has 120 valence electrons. The molecule has 0 aromatic heterocycles. The standard InChI is InChI=1S/C14H16INO5S/c1-14(13(18)19,22(2,20)21)5-6-16-8-9-7-10(15)3-4-11(9)12(16)17/h3-4,7H,5-6,8H2,1-2H3,(H,18,19)/t14-/m1/s1. The van der Waals surface area contributed by atoms with Gasteiger partial charge in [0.1, 0.15) is 0 Å². The first-order chi connectivity index (χ1) is 10.1. The van der Waals surface area contributed by atoms with Crippen molar-refractivity contribution in [3.63, 3.8) is 0 Å². The van der Waals surface area contributed by atoms with Gasteiger partial charge in [0.25, 0.3) is 5.91 Å². The van der Waals surface area contributed by atoms with Crippen LogP contribution in [0.2, 0.25) is 0 Å². The summed E-state index contributed by atoms with van der Waals surface area (Å²) in [4.78, 5) is 25.1. The molecular formula is C14H16INO5S. The fourth-order valence-electron chi connectivity index (χ4n) is 2.33. The van der Waals surface area contributed by atoms with Crippen LogP contribution >= 0.6 is 22.6 Å². The van der Waals surface area contributed by atoms with Gasteiger partial charge in [0.05, 0.1) is 0 Å². The van der Waals surface area contributed by atoms with Gasteiger partial charge in [-0.1, -0.05) is 0 Å². The molecule has 1 aromatic carbocycles. The predicted octanol–water partition coefficient (Wildman–Crippen LogP) is 1.53. The minimum atomic E-state index is -3.79. The number of carboxylic acid groups (broad SMARTS) is 1. The highest BCUT2D eigenvalue weighted by Crippen LogP contribution is 2.27. The lowest BCUT2D eigenvalue weighted by molar-refractivity contribution is -0.139. The van der Waals surface area contributed by atoms with Crippen LogP contribution in [0, 0.1) is 3.57 Å². The van der Waals surface area contributed by atoms with Crippen molar-refractivity contribution < 1.29 is 23.1 Å². The Morgan fingerprint density at radius 3 is 2.64 bits per heavy atom. The van der Waals surface area contributed by atoms with Crippen molar-refractivity contribution in [3.05, 3.63) is 32.9 Å². The number of benzene rings is 1. The van der Waals surface area contributed by atoms with E-state index in [0.717, 1.165) is 15.4 Å². The summed E-state index contributed by atoms with van der Waals surface area (Å²) < 4.78 is 22.6. The summed E-state index contributed by atoms with van der Waals surface area (Å²) in [6.45, 7) is 1.64. The van der Waals surface area contributed by atoms with Crippen molar-refractivity contribution in [2.75, 3.05) is 12.8 Å². The van der Waals surface area contributed by atoms with Crippen molar-refractivity contribution in [2.24, 2.45) is 0 Å². The van der Waals surface area contributed by atoms with Gasteiger partial charge in [-0.05, 0) is 59.7 Å². The van der Waals surface area contributed by atoms with Crippen LogP contribution in [0.3, 0.4) is 0 Å². The molecule has 0 spiro atoms. The summed E-state index contributed by atoms with van der Waals surface area (Å²) in [6.07, 6.45) is 0.766. The third kappa shape index (κ3) is 2.98. The number of sulfone groups is 1. The monoisotopic (exact) mass is 437 g/mol. The average molecular weight is 437 g/mol. The lowest BCUT2D eigenvalue weighted by Gasteiger charge is -2.25. The largest absolute Gasteiger partial charge is 0.480 e. The number of aliphatic carboxylic acids is 1. The molecule has 2 rings (SSSR count). The smallest absolute Gasteiger partial charge is 0.324 e. The average Bonchev–Trinajstić information content (AvgIpc) is 2.70. The van der Waals surface area contributed by atoms with E-state index in [1.54, 1.807) is 6.07 Å². The number of hydrogen-bond acceptors (Lipinski definition) is 4. The van der Waals surface area contributed by atoms with Crippen LogP contribution in [0.4, 0.5) is 0 Å². The maximum atomic E-state index is 12.3. The summed E-state index contributed by atoms with van der Waals surface area (Å²) in [5, 5.41) is 9.23. The van der Waals surface area contributed by atoms with E-state index in [1.165, 1.54) is 11.8 Å². The van der Waals surface area contributed by atoms with Gasteiger partial charge in [0.15, 0.2) is 14.6 Å². The SMILES string of the molecule is C[C@@](CCN1Cc2cc(I)ccc2C1=O)(C(=O)O)S(C)(=O)=O. The maximum Gasteiger partial charge on any atom is 0.324 e. The first-order valence-corrected chi connectivity index (χ1v) is 9.54. The molecular weight excluding hydrogens is 421 g/mol. The highest BCUT2D eigenvalue weighted by atomic mass is 127. The fraction of sp³-hybridized carbons (Fsp3) is 0.429. The van der Waals surface area contributed by atoms with Gasteiger partial charge in [0, 0.05) is 28.5 Å². The molecule has 1 aromatic rings. The molecule has 1 atom stereocenters. The van der Waals surface area contributed by atoms with E-state index in [0.29, 0.717) is 12.1 Å². The van der Waals surface area contributed by atoms with Crippen LogP contribution < -0.4 is 0 Å². The van der Waals surface area contributed by atoms with Gasteiger partial charge in [-0.3, -0.25) is 9.59 Å². The Kier molecular flexibility index (Phi) is 4.54. The van der Waals surface area contributed by atoms with E-state index in [2.05, 4.69) is 22.6 Å². The van der Waals surface area contributed by atoms with Crippen molar-refractivity contribution in [3.8, 4) is 0 Å². The Morgan fingerprint density at radius 1 is 1.45 bits per heavy atom. The summed E-state index contributed by atoms with van der Waals surface area (Å²) in [5.41, 5.74) is 1.48. The molecule has 1 heterocycles. The quantitative estimate of drug-likeness (QED) is 0.706. The Hall–Kier alpha value is -1.16. The van der Waals surface area contributed by atoms with Gasteiger partial charge in [0.2, 0.25) is 0 Å². The Bertz CT molecular complexity index is 746. The molecule has 1 N–H and O–H groups in total. The van der Waals surface area contributed by atoms with Gasteiger partial charge in [-0.25, -0.2) is 8.42 Å². The first kappa shape index (κ1) is 17.2. The Labute approximate surface area is 142 Å². The lowest BCUT2D eigenvalue weighted by atomic mass is 10.1. The summed E-state index contributed by atoms with van der Waals surface area (Å²) in [5.74, 6) is -1.58. The van der Waals surface area contributed by atoms with E-state index in [-0.39, 0.29) is 18.9 Å². The molecule has 22 heavy (non-hydrogen) atoms. The predicted molar refractivity (Wildman–Crippen MR) is 89.4 cm³/mol. The number of carbonyl (C=O) groups excluding carboxylic acids is 1. The molecule has 6 nitrogen and oxygen atoms in total. The van der Waals surface area contributed by atoms with Crippen LogP contribution in [0.15, 0.2) is 18.2 Å². The van der Waals surface area contributed by atoms with Gasteiger partial charge in [-0.2, -0.15) is 0 Å². The zero-order valence-electron chi connectivity index (χ0n) is 12.2. The van der Waals surface area contributed by atoms with Crippen LogP contribution in [-0.4, -0.2) is 47.8 Å². The zero-order chi connectivity index (χ0) is 16.7. The first-order valence-electron chi connectivity index (χ1n) is 6.57. The number of nitrogens with zero attached hydrogens (tertiary/aromatic N) is 1. The molecule has 1 aliphatic heterocycles. The second kappa shape index (κ2) is 5.80. The van der Waals surface area contributed by atoms with Crippen molar-refractivity contribution in [1.29, 1.82) is 0 Å². The number of hydrogen-bond donors (Lipinski definition) is 1. The lowest BCUT2D eigenvalue weighted by Crippen LogP contribution is -2.45. The second-order valence-corrected chi connectivity index (χ2v) is 9.28. The van der Waals surface area contributed by atoms with Crippen LogP contribution in [0.1, 0.15) is 29.3 Å². The van der Waals surface area contributed by atoms with E-state index < -0.39 is 20.6 Å². The number of rotatable bonds is 5. The molecule has 0 bridgehead atoms. The van der Waals surface area contributed by atoms with Crippen molar-refractivity contribution >= 4 is 44.3 Å². The Morgan fingerprint density at radius 2 is 2.09 bits per heavy atom. The molecule has 0 unspecified atom stereocenters. The van der Waals surface area contributed by atoms with E-state index in [1.807, 2.05) is 12.1 Å². The summed E-state index contributed by atoms with van der Waals surface area (Å²) >= 11 is 2.15. The highest BCUT2D eigenvalue weighted by molar-refractivity contribution is 14.1. The topological polar surface area (TPSA) is 91.8 Å². The molecule has 0 saturated carbocycles. The molecule has 0 aliphatic carbocycles. The van der Waals surface area contributed by atoms with Gasteiger partial charge >= 0.3 is 5.97 Å². The number of carboxylic acids is 1. The number of halogens is 1. The number of amides is 1. The van der Waals surface area contributed by atoms with Crippen LogP contribution in [-0.2, 0) is 21.2 Å². The molecule has 1 aliphatic rings. The van der Waals surface area contributed by atoms with Crippen LogP contribution in [0.25, 0.3) is 0 Å². The normalized spacial score (nSPS) is 17.2. The number of fused-ring (bicyclic) bond motifs is 1. The van der Waals surface area contributed by atoms with Crippen LogP contribution in [0.5, 0.6) is 0 Å². The second-order valence-electron chi connectivity index (χ2n) is 5.59. The molecule has 0 fully saturated rings. The zero-order valence-corrected chi connectivity index (χ0v) is 15.1. The van der Waals surface area contributed by atoms with E-state index in [4.69, 9.17) is 0 Å². The van der Waals surface area contributed by atoms with E-state index in [9.17, 15) is 23.1 Å². The van der Waals surface area contributed by atoms with Crippen molar-refractivity contribution in [2.45, 2.75) is 24.6 Å². The van der Waals surface area contributed by atoms with Gasteiger partial charge in [-0.15, -0.1) is 0 Å². The fourth-order valence-corrected chi connectivity index (χ4v) is 3.66. The third-order valence-corrected chi connectivity index (χ3v) is 6.76. The Balaban J connectivity index is 2.17. The summed E-state index contributed by atoms with van der Waals surface area (Å²) in [6, 6.07) is 5.48. The highest BCUT2D eigenvalue weighted by Gasteiger charge is 2.44. The maximum absolute atomic E-state index is 12.3. The minimum Gasteiger partial charge on any atom is -0.480 e. The summed E-state index contributed by atoms with van der Waals surface area (Å²) in [7, 11) is -3.79. The number of carbonyl (C=O) groups is 2. The van der Waals surface area contributed by atoms with E-state index >= 15 is 0 Å². The third-order valence-electron chi connectivity index (χ3n) is 4.08. The molecule has 8 heteroatoms. The molecule has 0 radical (unpaired) electrons. The van der Waals surface area contributed by atoms with Crippen molar-refractivity contribution in [1.82, 2.24) is 4.90 Å². The minimum absolute atomic E-state index is 0.0833.